The van der Waals surface area contributed by atoms with Crippen molar-refractivity contribution in [2.24, 2.45) is 0 Å². The zero-order valence-electron chi connectivity index (χ0n) is 18.0. The molecule has 1 N–H and O–H groups in total. The smallest absolute Gasteiger partial charge is 0.261 e. The van der Waals surface area contributed by atoms with Crippen LogP contribution in [-0.2, 0) is 4.79 Å². The highest BCUT2D eigenvalue weighted by atomic mass is 16.5. The Labute approximate surface area is 182 Å². The quantitative estimate of drug-likeness (QED) is 0.457. The number of carbonyl (C=O) groups excluding carboxylic acids is 1. The van der Waals surface area contributed by atoms with E-state index in [0.29, 0.717) is 11.5 Å². The zero-order valence-corrected chi connectivity index (χ0v) is 18.0. The molecule has 0 fully saturated rings. The summed E-state index contributed by atoms with van der Waals surface area (Å²) in [7, 11) is 3.40. The lowest BCUT2D eigenvalue weighted by atomic mass is 9.96. The van der Waals surface area contributed by atoms with E-state index in [0.717, 1.165) is 22.0 Å². The van der Waals surface area contributed by atoms with Crippen molar-refractivity contribution in [1.29, 1.82) is 0 Å². The number of methoxy groups -OCH3 is 1. The Morgan fingerprint density at radius 1 is 0.968 bits per heavy atom. The number of rotatable bonds is 7. The van der Waals surface area contributed by atoms with Gasteiger partial charge in [0.2, 0.25) is 0 Å². The molecule has 3 aromatic carbocycles. The van der Waals surface area contributed by atoms with Gasteiger partial charge in [0.15, 0.2) is 18.1 Å². The van der Waals surface area contributed by atoms with E-state index in [-0.39, 0.29) is 18.6 Å². The molecule has 4 rings (SSSR count). The fourth-order valence-electron chi connectivity index (χ4n) is 3.80. The number of ether oxygens (including phenoxy) is 2. The third-order valence-electron chi connectivity index (χ3n) is 5.51. The van der Waals surface area contributed by atoms with Crippen molar-refractivity contribution >= 4 is 16.8 Å². The number of aromatic nitrogens is 1. The Kier molecular flexibility index (Phi) is 5.94. The molecule has 1 aromatic heterocycles. The minimum Gasteiger partial charge on any atom is -0.493 e. The Hall–Kier alpha value is -3.73. The molecular weight excluding hydrogens is 388 g/mol. The SMILES string of the molecule is COc1ccccc1OCC(=O)N(C)[C@H](c1ccc(C)cc1)c1c[nH]c2ccccc12. The molecular formula is C26H26N2O3. The molecule has 0 spiro atoms. The Morgan fingerprint density at radius 2 is 1.65 bits per heavy atom. The number of aryl methyl sites for hydroxylation is 1. The van der Waals surface area contributed by atoms with Crippen LogP contribution in [0.25, 0.3) is 10.9 Å². The molecule has 0 saturated carbocycles. The van der Waals surface area contributed by atoms with Gasteiger partial charge in [-0.25, -0.2) is 0 Å². The van der Waals surface area contributed by atoms with E-state index in [2.05, 4.69) is 42.2 Å². The van der Waals surface area contributed by atoms with Crippen molar-refractivity contribution in [3.63, 3.8) is 0 Å². The number of carbonyl (C=O) groups is 1. The minimum atomic E-state index is -0.245. The van der Waals surface area contributed by atoms with E-state index in [1.165, 1.54) is 5.56 Å². The van der Waals surface area contributed by atoms with Crippen LogP contribution in [0.1, 0.15) is 22.7 Å². The van der Waals surface area contributed by atoms with Gasteiger partial charge in [-0.1, -0.05) is 60.2 Å². The first kappa shape index (κ1) is 20.5. The van der Waals surface area contributed by atoms with Crippen LogP contribution in [-0.4, -0.2) is 36.6 Å². The van der Waals surface area contributed by atoms with Crippen LogP contribution in [0.4, 0.5) is 0 Å². The number of hydrogen-bond donors (Lipinski definition) is 1. The van der Waals surface area contributed by atoms with E-state index in [9.17, 15) is 4.79 Å². The summed E-state index contributed by atoms with van der Waals surface area (Å²) in [5.74, 6) is 1.03. The van der Waals surface area contributed by atoms with Crippen molar-refractivity contribution in [3.05, 3.63) is 95.7 Å². The second-order valence-corrected chi connectivity index (χ2v) is 7.55. The van der Waals surface area contributed by atoms with Gasteiger partial charge in [-0.2, -0.15) is 0 Å². The van der Waals surface area contributed by atoms with Crippen LogP contribution in [0, 0.1) is 6.92 Å². The van der Waals surface area contributed by atoms with Crippen molar-refractivity contribution in [2.45, 2.75) is 13.0 Å². The van der Waals surface area contributed by atoms with Gasteiger partial charge in [-0.15, -0.1) is 0 Å². The summed E-state index contributed by atoms with van der Waals surface area (Å²) in [5, 5.41) is 1.10. The van der Waals surface area contributed by atoms with Gasteiger partial charge in [0.1, 0.15) is 0 Å². The van der Waals surface area contributed by atoms with Gasteiger partial charge < -0.3 is 19.4 Å². The van der Waals surface area contributed by atoms with Gasteiger partial charge in [0.25, 0.3) is 5.91 Å². The van der Waals surface area contributed by atoms with Gasteiger partial charge in [0.05, 0.1) is 13.2 Å². The fraction of sp³-hybridized carbons (Fsp3) is 0.192. The molecule has 0 aliphatic heterocycles. The lowest BCUT2D eigenvalue weighted by Gasteiger charge is -2.29. The van der Waals surface area contributed by atoms with E-state index in [1.54, 1.807) is 18.1 Å². The highest BCUT2D eigenvalue weighted by Gasteiger charge is 2.26. The topological polar surface area (TPSA) is 54.6 Å². The van der Waals surface area contributed by atoms with Gasteiger partial charge in [-0.05, 0) is 30.7 Å². The summed E-state index contributed by atoms with van der Waals surface area (Å²) in [6.45, 7) is 1.97. The molecule has 31 heavy (non-hydrogen) atoms. The normalized spacial score (nSPS) is 11.8. The minimum absolute atomic E-state index is 0.0818. The molecule has 0 aliphatic carbocycles. The Morgan fingerprint density at radius 3 is 2.39 bits per heavy atom. The first-order chi connectivity index (χ1) is 15.1. The van der Waals surface area contributed by atoms with Crippen molar-refractivity contribution in [1.82, 2.24) is 9.88 Å². The van der Waals surface area contributed by atoms with Crippen LogP contribution in [0.2, 0.25) is 0 Å². The summed E-state index contributed by atoms with van der Waals surface area (Å²) >= 11 is 0. The lowest BCUT2D eigenvalue weighted by molar-refractivity contribution is -0.133. The number of nitrogens with zero attached hydrogens (tertiary/aromatic N) is 1. The second-order valence-electron chi connectivity index (χ2n) is 7.55. The Balaban J connectivity index is 1.64. The first-order valence-electron chi connectivity index (χ1n) is 10.2. The molecule has 1 amide bonds. The predicted octanol–water partition coefficient (Wildman–Crippen LogP) is 5.11. The lowest BCUT2D eigenvalue weighted by Crippen LogP contribution is -2.35. The van der Waals surface area contributed by atoms with Crippen molar-refractivity contribution in [3.8, 4) is 11.5 Å². The van der Waals surface area contributed by atoms with E-state index in [1.807, 2.05) is 49.6 Å². The first-order valence-corrected chi connectivity index (χ1v) is 10.2. The summed E-state index contributed by atoms with van der Waals surface area (Å²) in [4.78, 5) is 18.3. The van der Waals surface area contributed by atoms with Crippen molar-refractivity contribution < 1.29 is 14.3 Å². The number of nitrogens with one attached hydrogen (secondary N) is 1. The van der Waals surface area contributed by atoms with Crippen LogP contribution in [0.15, 0.2) is 79.0 Å². The monoisotopic (exact) mass is 414 g/mol. The van der Waals surface area contributed by atoms with Gasteiger partial charge >= 0.3 is 0 Å². The molecule has 0 aliphatic rings. The number of hydrogen-bond acceptors (Lipinski definition) is 3. The Bertz CT molecular complexity index is 1180. The maximum Gasteiger partial charge on any atom is 0.261 e. The standard InChI is InChI=1S/C26H26N2O3/c1-18-12-14-19(15-13-18)26(21-16-27-22-9-5-4-8-20(21)22)28(2)25(29)17-31-24-11-7-6-10-23(24)30-3/h4-16,26-27H,17H2,1-3H3/t26-/m1/s1. The second kappa shape index (κ2) is 8.96. The summed E-state index contributed by atoms with van der Waals surface area (Å²) < 4.78 is 11.1. The van der Waals surface area contributed by atoms with E-state index in [4.69, 9.17) is 9.47 Å². The number of fused-ring (bicyclic) bond motifs is 1. The zero-order chi connectivity index (χ0) is 21.8. The molecule has 1 atom stereocenters. The third kappa shape index (κ3) is 4.26. The fourth-order valence-corrected chi connectivity index (χ4v) is 3.80. The van der Waals surface area contributed by atoms with Crippen LogP contribution in [0.5, 0.6) is 11.5 Å². The molecule has 0 saturated heterocycles. The van der Waals surface area contributed by atoms with Gasteiger partial charge in [-0.3, -0.25) is 4.79 Å². The highest BCUT2D eigenvalue weighted by Crippen LogP contribution is 2.33. The molecule has 0 radical (unpaired) electrons. The third-order valence-corrected chi connectivity index (χ3v) is 5.51. The highest BCUT2D eigenvalue weighted by molar-refractivity contribution is 5.85. The molecule has 1 heterocycles. The average Bonchev–Trinajstić information content (AvgIpc) is 3.23. The molecule has 0 unspecified atom stereocenters. The average molecular weight is 415 g/mol. The van der Waals surface area contributed by atoms with E-state index >= 15 is 0 Å². The molecule has 158 valence electrons. The molecule has 4 aromatic rings. The largest absolute Gasteiger partial charge is 0.493 e. The summed E-state index contributed by atoms with van der Waals surface area (Å²) in [6.07, 6.45) is 1.99. The van der Waals surface area contributed by atoms with Crippen LogP contribution < -0.4 is 9.47 Å². The number of aromatic amines is 1. The van der Waals surface area contributed by atoms with E-state index < -0.39 is 0 Å². The predicted molar refractivity (Wildman–Crippen MR) is 123 cm³/mol. The molecule has 5 heteroatoms. The summed E-state index contributed by atoms with van der Waals surface area (Å²) in [5.41, 5.74) is 4.31. The van der Waals surface area contributed by atoms with Crippen LogP contribution >= 0.6 is 0 Å². The number of H-pyrrole nitrogens is 1. The van der Waals surface area contributed by atoms with Crippen molar-refractivity contribution in [2.75, 3.05) is 20.8 Å². The van der Waals surface area contributed by atoms with Crippen LogP contribution in [0.3, 0.4) is 0 Å². The number of amides is 1. The number of para-hydroxylation sites is 3. The summed E-state index contributed by atoms with van der Waals surface area (Å²) in [6, 6.07) is 23.5. The molecule has 5 nitrogen and oxygen atoms in total. The maximum absolute atomic E-state index is 13.2. The maximum atomic E-state index is 13.2. The number of likely N-dealkylation sites (N-methyl/N-ethyl adjacent to an activating group) is 1. The molecule has 0 bridgehead atoms. The van der Waals surface area contributed by atoms with Gasteiger partial charge in [0, 0.05) is 29.7 Å². The number of benzene rings is 3.